The summed E-state index contributed by atoms with van der Waals surface area (Å²) < 4.78 is 17.4. The zero-order chi connectivity index (χ0) is 24.2. The van der Waals surface area contributed by atoms with Crippen LogP contribution in [-0.4, -0.2) is 52.3 Å². The number of rotatable bonds is 8. The van der Waals surface area contributed by atoms with E-state index in [1.165, 1.54) is 12.3 Å². The fourth-order valence-electron chi connectivity index (χ4n) is 6.24. The second kappa shape index (κ2) is 8.38. The van der Waals surface area contributed by atoms with E-state index >= 15 is 4.39 Å². The van der Waals surface area contributed by atoms with Crippen molar-refractivity contribution in [3.05, 3.63) is 39.4 Å². The topological polar surface area (TPSA) is 89.6 Å². The molecule has 0 bridgehead atoms. The molecule has 3 fully saturated rings. The highest BCUT2D eigenvalue weighted by Crippen LogP contribution is 2.52. The first-order valence-corrected chi connectivity index (χ1v) is 12.3. The Morgan fingerprint density at radius 1 is 1.35 bits per heavy atom. The molecule has 1 N–H and O–H groups in total. The number of benzene rings is 1. The number of fused-ring (bicyclic) bond motifs is 1. The van der Waals surface area contributed by atoms with Crippen LogP contribution in [0.4, 0.5) is 10.1 Å². The van der Waals surface area contributed by atoms with E-state index in [2.05, 4.69) is 22.8 Å². The van der Waals surface area contributed by atoms with Crippen LogP contribution in [0.2, 0.25) is 0 Å². The van der Waals surface area contributed by atoms with Crippen LogP contribution in [-0.2, 0) is 0 Å². The maximum absolute atomic E-state index is 15.5. The van der Waals surface area contributed by atoms with Gasteiger partial charge in [0, 0.05) is 49.2 Å². The van der Waals surface area contributed by atoms with E-state index in [-0.39, 0.29) is 22.5 Å². The highest BCUT2D eigenvalue weighted by atomic mass is 19.1. The molecule has 5 rings (SSSR count). The SMILES string of the molecule is CCN(CCC#N)C1(C2CCN(c3c(F)cc4c(=O)c(C(=O)O)cn(C5CC5)c4c3C)C2)CC1. The number of halogens is 1. The lowest BCUT2D eigenvalue weighted by molar-refractivity contribution is 0.0695. The molecule has 2 aromatic rings. The molecule has 7 nitrogen and oxygen atoms in total. The van der Waals surface area contributed by atoms with Gasteiger partial charge in [0.2, 0.25) is 5.43 Å². The maximum Gasteiger partial charge on any atom is 0.341 e. The van der Waals surface area contributed by atoms with Gasteiger partial charge in [0.05, 0.1) is 17.3 Å². The Morgan fingerprint density at radius 2 is 2.09 bits per heavy atom. The summed E-state index contributed by atoms with van der Waals surface area (Å²) in [6.45, 7) is 7.15. The number of aromatic nitrogens is 1. The quantitative estimate of drug-likeness (QED) is 0.631. The lowest BCUT2D eigenvalue weighted by atomic mass is 9.94. The van der Waals surface area contributed by atoms with Gasteiger partial charge in [-0.3, -0.25) is 9.69 Å². The lowest BCUT2D eigenvalue weighted by Gasteiger charge is -2.35. The van der Waals surface area contributed by atoms with Gasteiger partial charge in [0.15, 0.2) is 0 Å². The molecule has 2 saturated carbocycles. The third-order valence-corrected chi connectivity index (χ3v) is 8.18. The Bertz CT molecular complexity index is 1260. The molecule has 0 spiro atoms. The highest BCUT2D eigenvalue weighted by molar-refractivity contribution is 5.95. The molecule has 1 saturated heterocycles. The number of pyridine rings is 1. The average molecular weight is 467 g/mol. The summed E-state index contributed by atoms with van der Waals surface area (Å²) in [6.07, 6.45) is 7.00. The first kappa shape index (κ1) is 22.9. The van der Waals surface area contributed by atoms with Crippen molar-refractivity contribution in [2.45, 2.75) is 64.0 Å². The van der Waals surface area contributed by atoms with Gasteiger partial charge in [0.1, 0.15) is 11.4 Å². The van der Waals surface area contributed by atoms with Crippen LogP contribution in [0.1, 0.15) is 67.4 Å². The summed E-state index contributed by atoms with van der Waals surface area (Å²) in [7, 11) is 0. The highest BCUT2D eigenvalue weighted by Gasteiger charge is 2.54. The Hall–Kier alpha value is -2.92. The maximum atomic E-state index is 15.5. The van der Waals surface area contributed by atoms with Crippen LogP contribution in [0, 0.1) is 30.0 Å². The van der Waals surface area contributed by atoms with Gasteiger partial charge in [-0.2, -0.15) is 5.26 Å². The number of anilines is 1. The first-order valence-electron chi connectivity index (χ1n) is 12.3. The predicted molar refractivity (Wildman–Crippen MR) is 128 cm³/mol. The number of hydrogen-bond acceptors (Lipinski definition) is 5. The largest absolute Gasteiger partial charge is 0.477 e. The summed E-state index contributed by atoms with van der Waals surface area (Å²) in [6, 6.07) is 3.66. The Labute approximate surface area is 198 Å². The van der Waals surface area contributed by atoms with Crippen LogP contribution in [0.3, 0.4) is 0 Å². The number of carbonyl (C=O) groups is 1. The van der Waals surface area contributed by atoms with Gasteiger partial charge >= 0.3 is 5.97 Å². The smallest absolute Gasteiger partial charge is 0.341 e. The van der Waals surface area contributed by atoms with Gasteiger partial charge in [-0.05, 0) is 63.1 Å². The Balaban J connectivity index is 1.52. The normalized spacial score (nSPS) is 21.3. The van der Waals surface area contributed by atoms with Crippen molar-refractivity contribution in [3.63, 3.8) is 0 Å². The second-order valence-corrected chi connectivity index (χ2v) is 10.1. The minimum atomic E-state index is -1.28. The Morgan fingerprint density at radius 3 is 2.68 bits per heavy atom. The van der Waals surface area contributed by atoms with E-state index in [0.29, 0.717) is 29.1 Å². The summed E-state index contributed by atoms with van der Waals surface area (Å²) in [5.74, 6) is -1.34. The van der Waals surface area contributed by atoms with Crippen LogP contribution in [0.5, 0.6) is 0 Å². The number of nitrogens with zero attached hydrogens (tertiary/aromatic N) is 4. The van der Waals surface area contributed by atoms with E-state index in [1.807, 2.05) is 11.5 Å². The van der Waals surface area contributed by atoms with Gasteiger partial charge in [-0.25, -0.2) is 9.18 Å². The number of carboxylic acids is 1. The van der Waals surface area contributed by atoms with E-state index in [9.17, 15) is 14.7 Å². The molecule has 8 heteroatoms. The molecule has 2 aliphatic carbocycles. The number of carboxylic acid groups (broad SMARTS) is 1. The van der Waals surface area contributed by atoms with Gasteiger partial charge < -0.3 is 14.6 Å². The molecule has 3 aliphatic rings. The van der Waals surface area contributed by atoms with E-state index in [4.69, 9.17) is 5.26 Å². The molecule has 1 unspecified atom stereocenters. The molecule has 1 atom stereocenters. The minimum Gasteiger partial charge on any atom is -0.477 e. The van der Waals surface area contributed by atoms with Crippen molar-refractivity contribution in [3.8, 4) is 6.07 Å². The Kier molecular flexibility index (Phi) is 5.64. The molecule has 1 aromatic carbocycles. The number of hydrogen-bond donors (Lipinski definition) is 1. The van der Waals surface area contributed by atoms with Crippen LogP contribution < -0.4 is 10.3 Å². The van der Waals surface area contributed by atoms with Gasteiger partial charge in [-0.15, -0.1) is 0 Å². The second-order valence-electron chi connectivity index (χ2n) is 10.1. The molecule has 34 heavy (non-hydrogen) atoms. The van der Waals surface area contributed by atoms with Gasteiger partial charge in [-0.1, -0.05) is 6.92 Å². The zero-order valence-corrected chi connectivity index (χ0v) is 19.8. The third-order valence-electron chi connectivity index (χ3n) is 8.18. The van der Waals surface area contributed by atoms with E-state index in [1.54, 1.807) is 0 Å². The van der Waals surface area contributed by atoms with E-state index < -0.39 is 17.2 Å². The van der Waals surface area contributed by atoms with Crippen LogP contribution >= 0.6 is 0 Å². The molecule has 1 aliphatic heterocycles. The van der Waals surface area contributed by atoms with Crippen LogP contribution in [0.25, 0.3) is 10.9 Å². The average Bonchev–Trinajstić information content (AvgIpc) is 3.74. The number of nitriles is 1. The molecule has 1 aromatic heterocycles. The van der Waals surface area contributed by atoms with Gasteiger partial charge in [0.25, 0.3) is 0 Å². The van der Waals surface area contributed by atoms with Crippen molar-refractivity contribution in [1.29, 1.82) is 5.26 Å². The van der Waals surface area contributed by atoms with Crippen molar-refractivity contribution in [2.24, 2.45) is 5.92 Å². The summed E-state index contributed by atoms with van der Waals surface area (Å²) >= 11 is 0. The fourth-order valence-corrected chi connectivity index (χ4v) is 6.24. The summed E-state index contributed by atoms with van der Waals surface area (Å²) in [5, 5.41) is 18.7. The summed E-state index contributed by atoms with van der Waals surface area (Å²) in [5.41, 5.74) is 1.07. The molecular weight excluding hydrogens is 435 g/mol. The fraction of sp³-hybridized carbons (Fsp3) is 0.577. The van der Waals surface area contributed by atoms with Crippen molar-refractivity contribution < 1.29 is 14.3 Å². The lowest BCUT2D eigenvalue weighted by Crippen LogP contribution is -2.44. The summed E-state index contributed by atoms with van der Waals surface area (Å²) in [4.78, 5) is 29.1. The third kappa shape index (κ3) is 3.58. The van der Waals surface area contributed by atoms with E-state index in [0.717, 1.165) is 58.3 Å². The monoisotopic (exact) mass is 466 g/mol. The number of aryl methyl sites for hydroxylation is 1. The van der Waals surface area contributed by atoms with Crippen molar-refractivity contribution >= 4 is 22.6 Å². The molecule has 0 amide bonds. The predicted octanol–water partition coefficient (Wildman–Crippen LogP) is 4.08. The zero-order valence-electron chi connectivity index (χ0n) is 19.8. The number of aromatic carboxylic acids is 1. The molecule has 180 valence electrons. The standard InChI is InChI=1S/C26H31FN4O3/c1-3-30(11-4-10-28)26(8-9-26)17-7-12-29(14-17)23-16(2)22-19(13-21(23)27)24(32)20(25(33)34)15-31(22)18-5-6-18/h13,15,17-18H,3-9,11-12,14H2,1-2H3,(H,33,34). The van der Waals surface area contributed by atoms with Crippen LogP contribution in [0.15, 0.2) is 17.1 Å². The van der Waals surface area contributed by atoms with Crippen molar-refractivity contribution in [1.82, 2.24) is 9.47 Å². The first-order chi connectivity index (χ1) is 16.3. The molecule has 2 heterocycles. The molecule has 0 radical (unpaired) electrons. The van der Waals surface area contributed by atoms with Crippen molar-refractivity contribution in [2.75, 3.05) is 31.1 Å². The molecular formula is C26H31FN4O3. The minimum absolute atomic E-state index is 0.105.